The smallest absolute Gasteiger partial charge is 0.284 e. The van der Waals surface area contributed by atoms with Crippen LogP contribution in [-0.2, 0) is 12.8 Å². The van der Waals surface area contributed by atoms with Crippen molar-refractivity contribution in [3.8, 4) is 23.1 Å². The van der Waals surface area contributed by atoms with Crippen molar-refractivity contribution in [1.29, 1.82) is 0 Å². The van der Waals surface area contributed by atoms with Crippen molar-refractivity contribution >= 4 is 5.78 Å². The van der Waals surface area contributed by atoms with Gasteiger partial charge in [0.25, 0.3) is 11.8 Å². The van der Waals surface area contributed by atoms with Crippen molar-refractivity contribution in [3.63, 3.8) is 0 Å². The molecule has 0 N–H and O–H groups in total. The first-order chi connectivity index (χ1) is 14.8. The van der Waals surface area contributed by atoms with E-state index < -0.39 is 0 Å². The summed E-state index contributed by atoms with van der Waals surface area (Å²) in [5.74, 6) is 1.64. The number of hydrogen-bond donors (Lipinski definition) is 0. The number of Topliss-reactive ketones (excluding diaryl/α,β-unsaturated/α-hetero) is 1. The Labute approximate surface area is 173 Å². The average molecular weight is 397 g/mol. The lowest BCUT2D eigenvalue weighted by Crippen LogP contribution is -2.23. The molecule has 2 aromatic heterocycles. The van der Waals surface area contributed by atoms with Crippen LogP contribution in [0.1, 0.15) is 28.2 Å². The second-order valence-corrected chi connectivity index (χ2v) is 7.28. The second-order valence-electron chi connectivity index (χ2n) is 7.28. The Hall–Kier alpha value is -3.80. The van der Waals surface area contributed by atoms with Crippen LogP contribution in [0.5, 0.6) is 11.5 Å². The molecule has 0 fully saturated rings. The molecule has 0 spiro atoms. The molecule has 6 nitrogen and oxygen atoms in total. The Morgan fingerprint density at radius 3 is 2.63 bits per heavy atom. The largest absolute Gasteiger partial charge is 0.457 e. The number of rotatable bonds is 5. The lowest BCUT2D eigenvalue weighted by Gasteiger charge is -2.23. The fourth-order valence-corrected chi connectivity index (χ4v) is 3.73. The SMILES string of the molecule is O=C(c1nnc(-c2ccccn2)o1)[C@@H]1CCc2cc(Oc3ccccc3)ccc2C1. The van der Waals surface area contributed by atoms with Crippen LogP contribution in [0.3, 0.4) is 0 Å². The van der Waals surface area contributed by atoms with Gasteiger partial charge >= 0.3 is 0 Å². The van der Waals surface area contributed by atoms with E-state index in [2.05, 4.69) is 21.2 Å². The first kappa shape index (κ1) is 18.2. The molecule has 1 aliphatic rings. The highest BCUT2D eigenvalue weighted by molar-refractivity contribution is 5.94. The molecule has 5 rings (SSSR count). The van der Waals surface area contributed by atoms with Crippen molar-refractivity contribution in [3.05, 3.63) is 89.9 Å². The molecule has 0 saturated carbocycles. The summed E-state index contributed by atoms with van der Waals surface area (Å²) < 4.78 is 11.5. The molecule has 0 radical (unpaired) electrons. The molecule has 6 heteroatoms. The van der Waals surface area contributed by atoms with Gasteiger partial charge in [-0.15, -0.1) is 10.2 Å². The Kier molecular flexibility index (Phi) is 4.81. The van der Waals surface area contributed by atoms with Gasteiger partial charge in [0, 0.05) is 12.1 Å². The van der Waals surface area contributed by atoms with Crippen molar-refractivity contribution in [1.82, 2.24) is 15.2 Å². The van der Waals surface area contributed by atoms with Crippen LogP contribution in [0, 0.1) is 5.92 Å². The minimum Gasteiger partial charge on any atom is -0.457 e. The van der Waals surface area contributed by atoms with Crippen LogP contribution < -0.4 is 4.74 Å². The van der Waals surface area contributed by atoms with Gasteiger partial charge in [0.15, 0.2) is 0 Å². The monoisotopic (exact) mass is 397 g/mol. The molecule has 4 aromatic rings. The molecule has 0 aliphatic heterocycles. The van der Waals surface area contributed by atoms with Gasteiger partial charge in [-0.2, -0.15) is 0 Å². The molecule has 2 heterocycles. The lowest BCUT2D eigenvalue weighted by atomic mass is 9.81. The molecule has 148 valence electrons. The van der Waals surface area contributed by atoms with E-state index in [9.17, 15) is 4.79 Å². The summed E-state index contributed by atoms with van der Waals surface area (Å²) in [6, 6.07) is 21.2. The van der Waals surface area contributed by atoms with E-state index in [-0.39, 0.29) is 23.5 Å². The Morgan fingerprint density at radius 2 is 1.80 bits per heavy atom. The van der Waals surface area contributed by atoms with Gasteiger partial charge in [-0.3, -0.25) is 9.78 Å². The second kappa shape index (κ2) is 7.91. The topological polar surface area (TPSA) is 78.1 Å². The van der Waals surface area contributed by atoms with Crippen LogP contribution >= 0.6 is 0 Å². The van der Waals surface area contributed by atoms with E-state index in [1.807, 2.05) is 54.6 Å². The van der Waals surface area contributed by atoms with Crippen LogP contribution in [-0.4, -0.2) is 21.0 Å². The normalized spacial score (nSPS) is 15.4. The predicted octanol–water partition coefficient (Wildman–Crippen LogP) is 4.91. The minimum atomic E-state index is -0.171. The summed E-state index contributed by atoms with van der Waals surface area (Å²) in [6.45, 7) is 0. The minimum absolute atomic E-state index is 0.0492. The number of pyridine rings is 1. The van der Waals surface area contributed by atoms with Crippen molar-refractivity contribution in [2.45, 2.75) is 19.3 Å². The molecule has 1 aliphatic carbocycles. The number of carbonyl (C=O) groups excluding carboxylic acids is 1. The first-order valence-electron chi connectivity index (χ1n) is 9.90. The maximum absolute atomic E-state index is 12.9. The summed E-state index contributed by atoms with van der Waals surface area (Å²) in [5.41, 5.74) is 2.93. The third kappa shape index (κ3) is 3.72. The van der Waals surface area contributed by atoms with Crippen molar-refractivity contribution in [2.24, 2.45) is 5.92 Å². The molecule has 0 amide bonds. The van der Waals surface area contributed by atoms with Gasteiger partial charge in [0.2, 0.25) is 5.78 Å². The quantitative estimate of drug-likeness (QED) is 0.445. The van der Waals surface area contributed by atoms with E-state index in [1.165, 1.54) is 5.56 Å². The van der Waals surface area contributed by atoms with E-state index >= 15 is 0 Å². The standard InChI is InChI=1S/C24H19N3O3/c28-22(24-27-26-23(30-24)21-8-4-5-13-25-21)18-10-9-17-15-20(12-11-16(17)14-18)29-19-6-2-1-3-7-19/h1-8,11-13,15,18H,9-10,14H2/t18-/m1/s1. The number of para-hydroxylation sites is 1. The molecule has 1 atom stereocenters. The number of aryl methyl sites for hydroxylation is 1. The van der Waals surface area contributed by atoms with Crippen LogP contribution in [0.25, 0.3) is 11.6 Å². The Balaban J connectivity index is 1.30. The Morgan fingerprint density at radius 1 is 0.933 bits per heavy atom. The molecular formula is C24H19N3O3. The number of hydrogen-bond acceptors (Lipinski definition) is 6. The van der Waals surface area contributed by atoms with Crippen LogP contribution in [0.2, 0.25) is 0 Å². The van der Waals surface area contributed by atoms with E-state index in [0.29, 0.717) is 12.1 Å². The third-order valence-corrected chi connectivity index (χ3v) is 5.28. The summed E-state index contributed by atoms with van der Waals surface area (Å²) >= 11 is 0. The van der Waals surface area contributed by atoms with Crippen molar-refractivity contribution in [2.75, 3.05) is 0 Å². The number of fused-ring (bicyclic) bond motifs is 1. The zero-order valence-electron chi connectivity index (χ0n) is 16.2. The predicted molar refractivity (Wildman–Crippen MR) is 110 cm³/mol. The number of nitrogens with zero attached hydrogens (tertiary/aromatic N) is 3. The lowest BCUT2D eigenvalue weighted by molar-refractivity contribution is 0.0873. The maximum Gasteiger partial charge on any atom is 0.284 e. The number of benzene rings is 2. The Bertz CT molecular complexity index is 1170. The zero-order valence-corrected chi connectivity index (χ0v) is 16.2. The van der Waals surface area contributed by atoms with Gasteiger partial charge in [-0.05, 0) is 66.8 Å². The maximum atomic E-state index is 12.9. The van der Waals surface area contributed by atoms with E-state index in [1.54, 1.807) is 12.3 Å². The number of aromatic nitrogens is 3. The van der Waals surface area contributed by atoms with Gasteiger partial charge in [0.1, 0.15) is 17.2 Å². The first-order valence-corrected chi connectivity index (χ1v) is 9.90. The van der Waals surface area contributed by atoms with Crippen LogP contribution in [0.4, 0.5) is 0 Å². The fourth-order valence-electron chi connectivity index (χ4n) is 3.73. The number of ether oxygens (including phenoxy) is 1. The number of ketones is 1. The molecule has 2 aromatic carbocycles. The highest BCUT2D eigenvalue weighted by Crippen LogP contribution is 2.32. The van der Waals surface area contributed by atoms with Gasteiger partial charge in [-0.25, -0.2) is 0 Å². The summed E-state index contributed by atoms with van der Waals surface area (Å²) in [5, 5.41) is 7.94. The summed E-state index contributed by atoms with van der Waals surface area (Å²) in [4.78, 5) is 17.1. The molecular weight excluding hydrogens is 378 g/mol. The highest BCUT2D eigenvalue weighted by atomic mass is 16.5. The number of carbonyl (C=O) groups is 1. The van der Waals surface area contributed by atoms with Gasteiger partial charge in [-0.1, -0.05) is 30.3 Å². The summed E-state index contributed by atoms with van der Waals surface area (Å²) in [7, 11) is 0. The fraction of sp³-hybridized carbons (Fsp3) is 0.167. The zero-order chi connectivity index (χ0) is 20.3. The van der Waals surface area contributed by atoms with E-state index in [4.69, 9.17) is 9.15 Å². The summed E-state index contributed by atoms with van der Waals surface area (Å²) in [6.07, 6.45) is 3.84. The van der Waals surface area contributed by atoms with Crippen LogP contribution in [0.15, 0.2) is 77.3 Å². The van der Waals surface area contributed by atoms with Gasteiger partial charge < -0.3 is 9.15 Å². The van der Waals surface area contributed by atoms with Gasteiger partial charge in [0.05, 0.1) is 0 Å². The molecule has 0 saturated heterocycles. The van der Waals surface area contributed by atoms with E-state index in [0.717, 1.165) is 29.9 Å². The molecule has 0 bridgehead atoms. The third-order valence-electron chi connectivity index (χ3n) is 5.28. The average Bonchev–Trinajstić information content (AvgIpc) is 3.30. The highest BCUT2D eigenvalue weighted by Gasteiger charge is 2.29. The molecule has 0 unspecified atom stereocenters. The molecule has 30 heavy (non-hydrogen) atoms. The van der Waals surface area contributed by atoms with Crippen molar-refractivity contribution < 1.29 is 13.9 Å².